The average molecular weight is 320 g/mol. The van der Waals surface area contributed by atoms with Gasteiger partial charge >= 0.3 is 5.97 Å². The number of carboxylic acid groups (broad SMARTS) is 1. The zero-order valence-electron chi connectivity index (χ0n) is 11.1. The maximum absolute atomic E-state index is 12.1. The van der Waals surface area contributed by atoms with Crippen molar-refractivity contribution in [2.45, 2.75) is 25.8 Å². The van der Waals surface area contributed by atoms with Gasteiger partial charge in [0.05, 0.1) is 22.7 Å². The first kappa shape index (κ1) is 16.6. The molecule has 0 radical (unpaired) electrons. The molecule has 1 aromatic carbocycles. The number of benzene rings is 1. The molecule has 0 aliphatic heterocycles. The number of amides is 1. The second kappa shape index (κ2) is 7.36. The molecule has 7 heteroatoms. The smallest absolute Gasteiger partial charge is 0.326 e. The number of ether oxygens (including phenoxy) is 1. The highest BCUT2D eigenvalue weighted by molar-refractivity contribution is 6.42. The van der Waals surface area contributed by atoms with Crippen molar-refractivity contribution in [3.63, 3.8) is 0 Å². The second-order valence-corrected chi connectivity index (χ2v) is 4.93. The molecule has 0 saturated carbocycles. The Morgan fingerprint density at radius 3 is 2.45 bits per heavy atom. The number of halogens is 2. The summed E-state index contributed by atoms with van der Waals surface area (Å²) in [5.41, 5.74) is 0.143. The molecule has 0 aliphatic carbocycles. The minimum Gasteiger partial charge on any atom is -0.496 e. The third-order valence-corrected chi connectivity index (χ3v) is 3.39. The van der Waals surface area contributed by atoms with Crippen LogP contribution >= 0.6 is 23.2 Å². The third-order valence-electron chi connectivity index (χ3n) is 2.67. The average Bonchev–Trinajstić information content (AvgIpc) is 2.40. The van der Waals surface area contributed by atoms with E-state index in [-0.39, 0.29) is 21.4 Å². The maximum atomic E-state index is 12.1. The van der Waals surface area contributed by atoms with Crippen LogP contribution in [0, 0.1) is 0 Å². The van der Waals surface area contributed by atoms with Crippen molar-refractivity contribution in [2.75, 3.05) is 7.11 Å². The standard InChI is InChI=1S/C13H15Cl2NO4/c1-3-4-10(13(18)19)16-12(17)7-5-8(14)9(15)6-11(7)20-2/h5-6,10H,3-4H2,1-2H3,(H,16,17)(H,18,19). The summed E-state index contributed by atoms with van der Waals surface area (Å²) >= 11 is 11.7. The number of nitrogens with one attached hydrogen (secondary N) is 1. The van der Waals surface area contributed by atoms with E-state index in [9.17, 15) is 9.59 Å². The SMILES string of the molecule is CCCC(NC(=O)c1cc(Cl)c(Cl)cc1OC)C(=O)O. The zero-order chi connectivity index (χ0) is 15.3. The summed E-state index contributed by atoms with van der Waals surface area (Å²) in [6, 6.07) is 1.81. The van der Waals surface area contributed by atoms with Gasteiger partial charge in [-0.25, -0.2) is 4.79 Å². The second-order valence-electron chi connectivity index (χ2n) is 4.12. The molecule has 0 heterocycles. The normalized spacial score (nSPS) is 11.8. The van der Waals surface area contributed by atoms with Gasteiger partial charge in [0, 0.05) is 6.07 Å². The van der Waals surface area contributed by atoms with E-state index in [4.69, 9.17) is 33.0 Å². The Morgan fingerprint density at radius 2 is 1.95 bits per heavy atom. The number of methoxy groups -OCH3 is 1. The Morgan fingerprint density at radius 1 is 1.35 bits per heavy atom. The number of carboxylic acids is 1. The summed E-state index contributed by atoms with van der Waals surface area (Å²) in [6.07, 6.45) is 0.973. The van der Waals surface area contributed by atoms with Gasteiger partial charge in [-0.15, -0.1) is 0 Å². The zero-order valence-corrected chi connectivity index (χ0v) is 12.6. The first-order chi connectivity index (χ1) is 9.40. The van der Waals surface area contributed by atoms with Gasteiger partial charge in [-0.3, -0.25) is 4.79 Å². The van der Waals surface area contributed by atoms with Gasteiger partial charge in [-0.05, 0) is 12.5 Å². The summed E-state index contributed by atoms with van der Waals surface area (Å²) in [5.74, 6) is -1.42. The lowest BCUT2D eigenvalue weighted by Gasteiger charge is -2.15. The van der Waals surface area contributed by atoms with E-state index in [0.717, 1.165) is 0 Å². The van der Waals surface area contributed by atoms with E-state index in [1.165, 1.54) is 19.2 Å². The van der Waals surface area contributed by atoms with Crippen molar-refractivity contribution < 1.29 is 19.4 Å². The van der Waals surface area contributed by atoms with Crippen LogP contribution in [-0.2, 0) is 4.79 Å². The Bertz CT molecular complexity index is 519. The fourth-order valence-corrected chi connectivity index (χ4v) is 1.97. The minimum absolute atomic E-state index is 0.143. The molecule has 2 N–H and O–H groups in total. The van der Waals surface area contributed by atoms with Gasteiger partial charge in [0.1, 0.15) is 11.8 Å². The number of hydrogen-bond acceptors (Lipinski definition) is 3. The molecule has 1 aromatic rings. The maximum Gasteiger partial charge on any atom is 0.326 e. The van der Waals surface area contributed by atoms with Gasteiger partial charge in [0.25, 0.3) is 5.91 Å². The minimum atomic E-state index is -1.08. The molecule has 1 amide bonds. The molecule has 1 unspecified atom stereocenters. The Kier molecular flexibility index (Phi) is 6.10. The number of hydrogen-bond donors (Lipinski definition) is 2. The molecule has 0 fully saturated rings. The lowest BCUT2D eigenvalue weighted by Crippen LogP contribution is -2.40. The molecule has 110 valence electrons. The van der Waals surface area contributed by atoms with E-state index >= 15 is 0 Å². The molecule has 5 nitrogen and oxygen atoms in total. The van der Waals surface area contributed by atoms with E-state index in [0.29, 0.717) is 12.8 Å². The van der Waals surface area contributed by atoms with E-state index in [2.05, 4.69) is 5.32 Å². The van der Waals surface area contributed by atoms with Gasteiger partial charge in [0.2, 0.25) is 0 Å². The largest absolute Gasteiger partial charge is 0.496 e. The highest BCUT2D eigenvalue weighted by atomic mass is 35.5. The fraction of sp³-hybridized carbons (Fsp3) is 0.385. The first-order valence-electron chi connectivity index (χ1n) is 5.97. The molecule has 20 heavy (non-hydrogen) atoms. The molecule has 1 atom stereocenters. The lowest BCUT2D eigenvalue weighted by molar-refractivity contribution is -0.139. The van der Waals surface area contributed by atoms with Crippen molar-refractivity contribution in [2.24, 2.45) is 0 Å². The molecule has 0 saturated heterocycles. The number of carbonyl (C=O) groups excluding carboxylic acids is 1. The fourth-order valence-electron chi connectivity index (χ4n) is 1.66. The van der Waals surface area contributed by atoms with Crippen LogP contribution in [0.25, 0.3) is 0 Å². The lowest BCUT2D eigenvalue weighted by atomic mass is 10.1. The van der Waals surface area contributed by atoms with Crippen LogP contribution in [0.15, 0.2) is 12.1 Å². The van der Waals surface area contributed by atoms with Crippen molar-refractivity contribution in [3.8, 4) is 5.75 Å². The van der Waals surface area contributed by atoms with E-state index in [1.54, 1.807) is 0 Å². The number of carbonyl (C=O) groups is 2. The molecular formula is C13H15Cl2NO4. The predicted molar refractivity (Wildman–Crippen MR) is 76.8 cm³/mol. The summed E-state index contributed by atoms with van der Waals surface area (Å²) < 4.78 is 5.05. The van der Waals surface area contributed by atoms with Gasteiger partial charge in [-0.1, -0.05) is 36.5 Å². The van der Waals surface area contributed by atoms with Crippen molar-refractivity contribution >= 4 is 35.1 Å². The monoisotopic (exact) mass is 319 g/mol. The highest BCUT2D eigenvalue weighted by Crippen LogP contribution is 2.30. The van der Waals surface area contributed by atoms with E-state index < -0.39 is 17.9 Å². The molecule has 0 aliphatic rings. The Labute approximate surface area is 126 Å². The van der Waals surface area contributed by atoms with Crippen LogP contribution in [-0.4, -0.2) is 30.1 Å². The van der Waals surface area contributed by atoms with Crippen molar-refractivity contribution in [1.29, 1.82) is 0 Å². The van der Waals surface area contributed by atoms with Crippen LogP contribution in [0.2, 0.25) is 10.0 Å². The molecule has 0 bridgehead atoms. The van der Waals surface area contributed by atoms with Crippen LogP contribution in [0.3, 0.4) is 0 Å². The molecular weight excluding hydrogens is 305 g/mol. The summed E-state index contributed by atoms with van der Waals surface area (Å²) in [6.45, 7) is 1.84. The van der Waals surface area contributed by atoms with Crippen LogP contribution in [0.5, 0.6) is 5.75 Å². The molecule has 0 spiro atoms. The van der Waals surface area contributed by atoms with Crippen molar-refractivity contribution in [1.82, 2.24) is 5.32 Å². The van der Waals surface area contributed by atoms with Gasteiger partial charge in [-0.2, -0.15) is 0 Å². The van der Waals surface area contributed by atoms with Gasteiger partial charge < -0.3 is 15.2 Å². The van der Waals surface area contributed by atoms with Gasteiger partial charge in [0.15, 0.2) is 0 Å². The first-order valence-corrected chi connectivity index (χ1v) is 6.73. The van der Waals surface area contributed by atoms with E-state index in [1.807, 2.05) is 6.92 Å². The highest BCUT2D eigenvalue weighted by Gasteiger charge is 2.22. The molecule has 0 aromatic heterocycles. The van der Waals surface area contributed by atoms with Crippen LogP contribution in [0.1, 0.15) is 30.1 Å². The summed E-state index contributed by atoms with van der Waals surface area (Å²) in [5, 5.41) is 11.9. The topological polar surface area (TPSA) is 75.6 Å². The quantitative estimate of drug-likeness (QED) is 0.845. The number of rotatable bonds is 6. The Balaban J connectivity index is 3.02. The number of aliphatic carboxylic acids is 1. The third kappa shape index (κ3) is 4.02. The van der Waals surface area contributed by atoms with Crippen molar-refractivity contribution in [3.05, 3.63) is 27.7 Å². The Hall–Kier alpha value is -1.46. The molecule has 1 rings (SSSR count). The van der Waals surface area contributed by atoms with Crippen LogP contribution < -0.4 is 10.1 Å². The summed E-state index contributed by atoms with van der Waals surface area (Å²) in [4.78, 5) is 23.2. The summed E-state index contributed by atoms with van der Waals surface area (Å²) in [7, 11) is 1.39. The van der Waals surface area contributed by atoms with Crippen LogP contribution in [0.4, 0.5) is 0 Å². The predicted octanol–water partition coefficient (Wildman–Crippen LogP) is 2.99.